The highest BCUT2D eigenvalue weighted by Gasteiger charge is 2.23. The van der Waals surface area contributed by atoms with Crippen LogP contribution in [0.4, 0.5) is 5.69 Å². The number of amides is 1. The van der Waals surface area contributed by atoms with Crippen molar-refractivity contribution in [3.63, 3.8) is 0 Å². The molecule has 0 fully saturated rings. The number of halogens is 1. The van der Waals surface area contributed by atoms with Gasteiger partial charge in [0.05, 0.1) is 5.56 Å². The van der Waals surface area contributed by atoms with Gasteiger partial charge in [-0.1, -0.05) is 36.7 Å². The number of carbonyl (C=O) groups is 2. The lowest BCUT2D eigenvalue weighted by molar-refractivity contribution is -0.120. The number of rotatable bonds is 5. The summed E-state index contributed by atoms with van der Waals surface area (Å²) in [7, 11) is 0. The van der Waals surface area contributed by atoms with Crippen molar-refractivity contribution in [3.8, 4) is 5.75 Å². The summed E-state index contributed by atoms with van der Waals surface area (Å²) in [6.07, 6.45) is 2.26. The van der Waals surface area contributed by atoms with E-state index in [1.165, 1.54) is 5.56 Å². The zero-order chi connectivity index (χ0) is 17.8. The van der Waals surface area contributed by atoms with Gasteiger partial charge in [-0.05, 0) is 42.7 Å². The van der Waals surface area contributed by atoms with Crippen molar-refractivity contribution in [3.05, 3.63) is 58.6 Å². The first kappa shape index (κ1) is 17.5. The van der Waals surface area contributed by atoms with Gasteiger partial charge in [-0.15, -0.1) is 0 Å². The SMILES string of the molecule is CCC(=O)c1cc(Cl)ccc1OCC(=O)N1CCCc2ccccc21. The van der Waals surface area contributed by atoms with Crippen LogP contribution < -0.4 is 9.64 Å². The van der Waals surface area contributed by atoms with Gasteiger partial charge in [0.2, 0.25) is 0 Å². The average molecular weight is 358 g/mol. The predicted octanol–water partition coefficient (Wildman–Crippen LogP) is 4.29. The Balaban J connectivity index is 1.75. The molecule has 0 saturated heterocycles. The van der Waals surface area contributed by atoms with Crippen LogP contribution in [0, 0.1) is 0 Å². The third-order valence-electron chi connectivity index (χ3n) is 4.33. The van der Waals surface area contributed by atoms with E-state index in [0.717, 1.165) is 18.5 Å². The van der Waals surface area contributed by atoms with Crippen molar-refractivity contribution in [1.29, 1.82) is 0 Å². The largest absolute Gasteiger partial charge is 0.483 e. The van der Waals surface area contributed by atoms with Crippen LogP contribution >= 0.6 is 11.6 Å². The molecule has 0 spiro atoms. The second-order valence-electron chi connectivity index (χ2n) is 5.98. The maximum atomic E-state index is 12.6. The molecule has 1 heterocycles. The van der Waals surface area contributed by atoms with Crippen LogP contribution in [0.25, 0.3) is 0 Å². The Labute approximate surface area is 152 Å². The molecular formula is C20H20ClNO3. The number of fused-ring (bicyclic) bond motifs is 1. The Kier molecular flexibility index (Phi) is 5.39. The van der Waals surface area contributed by atoms with Crippen LogP contribution in [0.5, 0.6) is 5.75 Å². The third kappa shape index (κ3) is 3.85. The fourth-order valence-corrected chi connectivity index (χ4v) is 3.22. The molecule has 3 rings (SSSR count). The quantitative estimate of drug-likeness (QED) is 0.750. The maximum absolute atomic E-state index is 12.6. The van der Waals surface area contributed by atoms with Crippen LogP contribution in [0.15, 0.2) is 42.5 Å². The number of hydrogen-bond donors (Lipinski definition) is 0. The van der Waals surface area contributed by atoms with Crippen molar-refractivity contribution in [2.24, 2.45) is 0 Å². The molecule has 0 saturated carbocycles. The van der Waals surface area contributed by atoms with E-state index in [-0.39, 0.29) is 18.3 Å². The number of anilines is 1. The Morgan fingerprint density at radius 1 is 1.20 bits per heavy atom. The maximum Gasteiger partial charge on any atom is 0.264 e. The molecule has 0 N–H and O–H groups in total. The number of hydrogen-bond acceptors (Lipinski definition) is 3. The van der Waals surface area contributed by atoms with Crippen molar-refractivity contribution < 1.29 is 14.3 Å². The number of Topliss-reactive ketones (excluding diaryl/α,β-unsaturated/α-hetero) is 1. The first-order valence-corrected chi connectivity index (χ1v) is 8.81. The number of carbonyl (C=O) groups excluding carboxylic acids is 2. The first-order chi connectivity index (χ1) is 12.1. The Morgan fingerprint density at radius 3 is 2.80 bits per heavy atom. The fraction of sp³-hybridized carbons (Fsp3) is 0.300. The minimum Gasteiger partial charge on any atom is -0.483 e. The van der Waals surface area contributed by atoms with E-state index in [1.807, 2.05) is 24.3 Å². The number of nitrogens with zero attached hydrogens (tertiary/aromatic N) is 1. The van der Waals surface area contributed by atoms with Gasteiger partial charge in [0, 0.05) is 23.7 Å². The molecule has 0 atom stereocenters. The van der Waals surface area contributed by atoms with Crippen molar-refractivity contribution >= 4 is 29.0 Å². The van der Waals surface area contributed by atoms with Crippen molar-refractivity contribution in [2.45, 2.75) is 26.2 Å². The molecular weight excluding hydrogens is 338 g/mol. The van der Waals surface area contributed by atoms with Gasteiger partial charge >= 0.3 is 0 Å². The molecule has 25 heavy (non-hydrogen) atoms. The second-order valence-corrected chi connectivity index (χ2v) is 6.42. The minimum absolute atomic E-state index is 0.0618. The summed E-state index contributed by atoms with van der Waals surface area (Å²) in [5, 5.41) is 0.473. The molecule has 130 valence electrons. The lowest BCUT2D eigenvalue weighted by atomic mass is 10.0. The number of ether oxygens (including phenoxy) is 1. The molecule has 5 heteroatoms. The van der Waals surface area contributed by atoms with E-state index < -0.39 is 0 Å². The highest BCUT2D eigenvalue weighted by atomic mass is 35.5. The molecule has 4 nitrogen and oxygen atoms in total. The number of benzene rings is 2. The molecule has 0 unspecified atom stereocenters. The summed E-state index contributed by atoms with van der Waals surface area (Å²) in [5.41, 5.74) is 2.54. The van der Waals surface area contributed by atoms with Crippen LogP contribution in [-0.4, -0.2) is 24.8 Å². The summed E-state index contributed by atoms with van der Waals surface area (Å²) >= 11 is 5.98. The molecule has 0 radical (unpaired) electrons. The lowest BCUT2D eigenvalue weighted by Gasteiger charge is -2.29. The van der Waals surface area contributed by atoms with Crippen LogP contribution in [0.3, 0.4) is 0 Å². The highest BCUT2D eigenvalue weighted by Crippen LogP contribution is 2.28. The van der Waals surface area contributed by atoms with E-state index >= 15 is 0 Å². The van der Waals surface area contributed by atoms with E-state index in [4.69, 9.17) is 16.3 Å². The number of aryl methyl sites for hydroxylation is 1. The Morgan fingerprint density at radius 2 is 2.00 bits per heavy atom. The van der Waals surface area contributed by atoms with Gasteiger partial charge in [0.25, 0.3) is 5.91 Å². The van der Waals surface area contributed by atoms with Crippen LogP contribution in [-0.2, 0) is 11.2 Å². The van der Waals surface area contributed by atoms with Crippen molar-refractivity contribution in [1.82, 2.24) is 0 Å². The zero-order valence-electron chi connectivity index (χ0n) is 14.1. The van der Waals surface area contributed by atoms with Gasteiger partial charge in [-0.25, -0.2) is 0 Å². The summed E-state index contributed by atoms with van der Waals surface area (Å²) < 4.78 is 5.67. The molecule has 0 aromatic heterocycles. The van der Waals surface area contributed by atoms with E-state index in [0.29, 0.717) is 29.3 Å². The van der Waals surface area contributed by atoms with Gasteiger partial charge in [0.1, 0.15) is 5.75 Å². The molecule has 2 aromatic carbocycles. The van der Waals surface area contributed by atoms with Gasteiger partial charge in [-0.2, -0.15) is 0 Å². The van der Waals surface area contributed by atoms with E-state index in [2.05, 4.69) is 0 Å². The molecule has 0 aliphatic carbocycles. The van der Waals surface area contributed by atoms with Crippen LogP contribution in [0.1, 0.15) is 35.7 Å². The molecule has 0 bridgehead atoms. The van der Waals surface area contributed by atoms with Gasteiger partial charge < -0.3 is 9.64 Å². The normalized spacial score (nSPS) is 13.3. The van der Waals surface area contributed by atoms with Crippen LogP contribution in [0.2, 0.25) is 5.02 Å². The molecule has 2 aromatic rings. The molecule has 1 aliphatic heterocycles. The Hall–Kier alpha value is -2.33. The zero-order valence-corrected chi connectivity index (χ0v) is 14.9. The first-order valence-electron chi connectivity index (χ1n) is 8.44. The average Bonchev–Trinajstić information content (AvgIpc) is 2.65. The fourth-order valence-electron chi connectivity index (χ4n) is 3.05. The smallest absolute Gasteiger partial charge is 0.264 e. The monoisotopic (exact) mass is 357 g/mol. The van der Waals surface area contributed by atoms with Gasteiger partial charge in [0.15, 0.2) is 12.4 Å². The van der Waals surface area contributed by atoms with Crippen molar-refractivity contribution in [2.75, 3.05) is 18.1 Å². The summed E-state index contributed by atoms with van der Waals surface area (Å²) in [4.78, 5) is 26.5. The highest BCUT2D eigenvalue weighted by molar-refractivity contribution is 6.31. The van der Waals surface area contributed by atoms with E-state index in [9.17, 15) is 9.59 Å². The summed E-state index contributed by atoms with van der Waals surface area (Å²) in [6.45, 7) is 2.35. The number of para-hydroxylation sites is 1. The summed E-state index contributed by atoms with van der Waals surface area (Å²) in [6, 6.07) is 12.8. The van der Waals surface area contributed by atoms with E-state index in [1.54, 1.807) is 30.0 Å². The molecule has 1 aliphatic rings. The minimum atomic E-state index is -0.114. The second kappa shape index (κ2) is 7.70. The topological polar surface area (TPSA) is 46.6 Å². The molecule has 1 amide bonds. The Bertz CT molecular complexity index is 803. The lowest BCUT2D eigenvalue weighted by Crippen LogP contribution is -2.38. The summed E-state index contributed by atoms with van der Waals surface area (Å²) in [5.74, 6) is 0.222. The predicted molar refractivity (Wildman–Crippen MR) is 98.7 cm³/mol. The number of ketones is 1. The third-order valence-corrected chi connectivity index (χ3v) is 4.56. The standard InChI is InChI=1S/C20H20ClNO3/c1-2-18(23)16-12-15(21)9-10-19(16)25-13-20(24)22-11-5-7-14-6-3-4-8-17(14)22/h3-4,6,8-10,12H,2,5,7,11,13H2,1H3. The van der Waals surface area contributed by atoms with Gasteiger partial charge in [-0.3, -0.25) is 9.59 Å².